The van der Waals surface area contributed by atoms with Crippen molar-refractivity contribution in [1.29, 1.82) is 0 Å². The molecule has 0 unspecified atom stereocenters. The van der Waals surface area contributed by atoms with Gasteiger partial charge in [-0.15, -0.1) is 0 Å². The number of rotatable bonds is 4. The van der Waals surface area contributed by atoms with Crippen LogP contribution in [0, 0.1) is 18.8 Å². The maximum Gasteiger partial charge on any atom is 0.137 e. The number of aryl methyl sites for hydroxylation is 1. The second-order valence-electron chi connectivity index (χ2n) is 7.04. The van der Waals surface area contributed by atoms with Gasteiger partial charge in [-0.3, -0.25) is 9.88 Å². The first kappa shape index (κ1) is 15.4. The molecule has 3 saturated heterocycles. The molecule has 3 fully saturated rings. The number of fused-ring (bicyclic) bond motifs is 1. The summed E-state index contributed by atoms with van der Waals surface area (Å²) in [5.41, 5.74) is 1.02. The van der Waals surface area contributed by atoms with E-state index in [1.165, 1.54) is 0 Å². The fourth-order valence-corrected chi connectivity index (χ4v) is 4.09. The highest BCUT2D eigenvalue weighted by Crippen LogP contribution is 2.36. The number of ether oxygens (including phenoxy) is 3. The van der Waals surface area contributed by atoms with E-state index in [4.69, 9.17) is 14.2 Å². The Kier molecular flexibility index (Phi) is 4.51. The van der Waals surface area contributed by atoms with Crippen LogP contribution < -0.4 is 4.74 Å². The normalized spacial score (nSPS) is 32.1. The molecule has 4 heterocycles. The van der Waals surface area contributed by atoms with Crippen LogP contribution >= 0.6 is 0 Å². The molecule has 5 heteroatoms. The van der Waals surface area contributed by atoms with E-state index >= 15 is 0 Å². The van der Waals surface area contributed by atoms with Gasteiger partial charge in [-0.25, -0.2) is 0 Å². The first-order valence-electron chi connectivity index (χ1n) is 8.78. The lowest BCUT2D eigenvalue weighted by atomic mass is 9.94. The third-order valence-corrected chi connectivity index (χ3v) is 5.52. The van der Waals surface area contributed by atoms with Crippen LogP contribution in [-0.2, 0) is 9.47 Å². The minimum atomic E-state index is 0.391. The van der Waals surface area contributed by atoms with Crippen LogP contribution in [0.1, 0.15) is 18.5 Å². The highest BCUT2D eigenvalue weighted by atomic mass is 16.5. The van der Waals surface area contributed by atoms with E-state index in [9.17, 15) is 0 Å². The van der Waals surface area contributed by atoms with Crippen molar-refractivity contribution in [2.24, 2.45) is 11.8 Å². The van der Waals surface area contributed by atoms with E-state index in [0.29, 0.717) is 24.0 Å². The first-order chi connectivity index (χ1) is 11.3. The molecule has 4 rings (SSSR count). The standard InChI is InChI=1S/C18H26N2O3/c1-13-2-3-16(8-19-13)22-11-14-12-23-18-10-20(9-17(14)18)15-4-6-21-7-5-15/h2-3,8,14-15,17-18H,4-7,9-12H2,1H3/t14-,17+,18+/m1/s1. The van der Waals surface area contributed by atoms with Gasteiger partial charge in [-0.05, 0) is 31.9 Å². The Morgan fingerprint density at radius 3 is 2.91 bits per heavy atom. The molecule has 0 aromatic carbocycles. The SMILES string of the molecule is Cc1ccc(OC[C@@H]2CO[C@H]3CN(C4CCOCC4)C[C@@H]23)cn1. The fourth-order valence-electron chi connectivity index (χ4n) is 4.09. The number of aromatic nitrogens is 1. The quantitative estimate of drug-likeness (QED) is 0.848. The summed E-state index contributed by atoms with van der Waals surface area (Å²) in [6.07, 6.45) is 4.53. The van der Waals surface area contributed by atoms with Crippen molar-refractivity contribution in [1.82, 2.24) is 9.88 Å². The highest BCUT2D eigenvalue weighted by Gasteiger charge is 2.45. The molecule has 0 aliphatic carbocycles. The van der Waals surface area contributed by atoms with Crippen LogP contribution in [0.5, 0.6) is 5.75 Å². The van der Waals surface area contributed by atoms with Crippen molar-refractivity contribution in [3.8, 4) is 5.75 Å². The first-order valence-corrected chi connectivity index (χ1v) is 8.78. The number of nitrogens with zero attached hydrogens (tertiary/aromatic N) is 2. The Balaban J connectivity index is 1.31. The molecular weight excluding hydrogens is 292 g/mol. The van der Waals surface area contributed by atoms with Crippen molar-refractivity contribution in [2.75, 3.05) is 39.5 Å². The Morgan fingerprint density at radius 2 is 2.13 bits per heavy atom. The second kappa shape index (κ2) is 6.75. The lowest BCUT2D eigenvalue weighted by Crippen LogP contribution is -2.39. The lowest BCUT2D eigenvalue weighted by Gasteiger charge is -2.31. The van der Waals surface area contributed by atoms with Crippen LogP contribution in [0.3, 0.4) is 0 Å². The van der Waals surface area contributed by atoms with E-state index in [0.717, 1.165) is 63.8 Å². The Hall–Kier alpha value is -1.17. The predicted molar refractivity (Wildman–Crippen MR) is 86.6 cm³/mol. The van der Waals surface area contributed by atoms with Gasteiger partial charge < -0.3 is 14.2 Å². The van der Waals surface area contributed by atoms with E-state index in [1.54, 1.807) is 0 Å². The second-order valence-corrected chi connectivity index (χ2v) is 7.04. The molecule has 1 aromatic heterocycles. The van der Waals surface area contributed by atoms with Gasteiger partial charge >= 0.3 is 0 Å². The van der Waals surface area contributed by atoms with Gasteiger partial charge in [0.1, 0.15) is 5.75 Å². The third-order valence-electron chi connectivity index (χ3n) is 5.52. The Labute approximate surface area is 137 Å². The van der Waals surface area contributed by atoms with Crippen LogP contribution in [-0.4, -0.2) is 61.5 Å². The average Bonchev–Trinajstić information content (AvgIpc) is 3.16. The molecule has 0 saturated carbocycles. The zero-order valence-electron chi connectivity index (χ0n) is 13.8. The molecule has 0 bridgehead atoms. The number of hydrogen-bond donors (Lipinski definition) is 0. The molecule has 0 N–H and O–H groups in total. The van der Waals surface area contributed by atoms with Crippen molar-refractivity contribution in [3.05, 3.63) is 24.0 Å². The predicted octanol–water partition coefficient (Wildman–Crippen LogP) is 1.89. The van der Waals surface area contributed by atoms with Crippen molar-refractivity contribution in [2.45, 2.75) is 31.9 Å². The average molecular weight is 318 g/mol. The van der Waals surface area contributed by atoms with Gasteiger partial charge in [0.2, 0.25) is 0 Å². The van der Waals surface area contributed by atoms with E-state index in [2.05, 4.69) is 9.88 Å². The van der Waals surface area contributed by atoms with Gasteiger partial charge in [0.15, 0.2) is 0 Å². The van der Waals surface area contributed by atoms with Gasteiger partial charge in [0, 0.05) is 49.9 Å². The third kappa shape index (κ3) is 3.37. The van der Waals surface area contributed by atoms with Crippen molar-refractivity contribution < 1.29 is 14.2 Å². The zero-order valence-corrected chi connectivity index (χ0v) is 13.8. The fraction of sp³-hybridized carbons (Fsp3) is 0.722. The summed E-state index contributed by atoms with van der Waals surface area (Å²) < 4.78 is 17.5. The minimum Gasteiger partial charge on any atom is -0.492 e. The molecule has 0 radical (unpaired) electrons. The highest BCUT2D eigenvalue weighted by molar-refractivity contribution is 5.19. The van der Waals surface area contributed by atoms with E-state index < -0.39 is 0 Å². The number of likely N-dealkylation sites (tertiary alicyclic amines) is 1. The largest absolute Gasteiger partial charge is 0.492 e. The summed E-state index contributed by atoms with van der Waals surface area (Å²) in [6, 6.07) is 4.67. The van der Waals surface area contributed by atoms with Crippen LogP contribution in [0.15, 0.2) is 18.3 Å². The molecule has 23 heavy (non-hydrogen) atoms. The topological polar surface area (TPSA) is 43.8 Å². The molecule has 126 valence electrons. The molecule has 3 aliphatic rings. The summed E-state index contributed by atoms with van der Waals surface area (Å²) >= 11 is 0. The van der Waals surface area contributed by atoms with Gasteiger partial charge in [0.25, 0.3) is 0 Å². The lowest BCUT2D eigenvalue weighted by molar-refractivity contribution is 0.0270. The molecule has 1 aromatic rings. The molecule has 0 amide bonds. The number of hydrogen-bond acceptors (Lipinski definition) is 5. The smallest absolute Gasteiger partial charge is 0.137 e. The Morgan fingerprint density at radius 1 is 1.26 bits per heavy atom. The van der Waals surface area contributed by atoms with Gasteiger partial charge in [-0.1, -0.05) is 0 Å². The van der Waals surface area contributed by atoms with Gasteiger partial charge in [-0.2, -0.15) is 0 Å². The van der Waals surface area contributed by atoms with Crippen LogP contribution in [0.25, 0.3) is 0 Å². The van der Waals surface area contributed by atoms with Gasteiger partial charge in [0.05, 0.1) is 25.5 Å². The summed E-state index contributed by atoms with van der Waals surface area (Å²) in [6.45, 7) is 7.59. The summed E-state index contributed by atoms with van der Waals surface area (Å²) in [7, 11) is 0. The zero-order chi connectivity index (χ0) is 15.6. The van der Waals surface area contributed by atoms with Crippen LogP contribution in [0.2, 0.25) is 0 Å². The van der Waals surface area contributed by atoms with E-state index in [-0.39, 0.29) is 0 Å². The number of pyridine rings is 1. The van der Waals surface area contributed by atoms with E-state index in [1.807, 2.05) is 25.3 Å². The molecular formula is C18H26N2O3. The Bertz CT molecular complexity index is 516. The van der Waals surface area contributed by atoms with Crippen molar-refractivity contribution in [3.63, 3.8) is 0 Å². The molecule has 3 atom stereocenters. The maximum atomic E-state index is 6.05. The molecule has 0 spiro atoms. The molecule has 5 nitrogen and oxygen atoms in total. The van der Waals surface area contributed by atoms with Crippen molar-refractivity contribution >= 4 is 0 Å². The summed E-state index contributed by atoms with van der Waals surface area (Å²) in [5.74, 6) is 1.96. The maximum absolute atomic E-state index is 6.05. The monoisotopic (exact) mass is 318 g/mol. The summed E-state index contributed by atoms with van der Waals surface area (Å²) in [4.78, 5) is 6.91. The van der Waals surface area contributed by atoms with Crippen LogP contribution in [0.4, 0.5) is 0 Å². The molecule has 3 aliphatic heterocycles. The minimum absolute atomic E-state index is 0.391. The summed E-state index contributed by atoms with van der Waals surface area (Å²) in [5, 5.41) is 0.